The normalized spacial score (nSPS) is 12.8. The van der Waals surface area contributed by atoms with Crippen molar-refractivity contribution in [2.45, 2.75) is 59.5 Å². The second-order valence-corrected chi connectivity index (χ2v) is 6.80. The maximum Gasteiger partial charge on any atom is 0.349 e. The van der Waals surface area contributed by atoms with Crippen LogP contribution in [-0.4, -0.2) is 44.3 Å². The van der Waals surface area contributed by atoms with Crippen LogP contribution in [0.1, 0.15) is 52.5 Å². The first-order chi connectivity index (χ1) is 14.0. The van der Waals surface area contributed by atoms with E-state index in [1.807, 2.05) is 19.1 Å². The van der Waals surface area contributed by atoms with E-state index in [1.54, 1.807) is 26.0 Å². The van der Waals surface area contributed by atoms with E-state index in [4.69, 9.17) is 19.2 Å². The van der Waals surface area contributed by atoms with E-state index < -0.39 is 12.1 Å². The molecule has 0 heterocycles. The molecule has 29 heavy (non-hydrogen) atoms. The van der Waals surface area contributed by atoms with Gasteiger partial charge in [0.25, 0.3) is 0 Å². The quantitative estimate of drug-likeness (QED) is 0.207. The van der Waals surface area contributed by atoms with E-state index in [-0.39, 0.29) is 25.0 Å². The third-order valence-electron chi connectivity index (χ3n) is 4.24. The molecule has 0 aliphatic rings. The van der Waals surface area contributed by atoms with Gasteiger partial charge in [-0.2, -0.15) is 0 Å². The summed E-state index contributed by atoms with van der Waals surface area (Å²) in [6.07, 6.45) is 2.98. The van der Waals surface area contributed by atoms with E-state index in [2.05, 4.69) is 12.2 Å². The summed E-state index contributed by atoms with van der Waals surface area (Å²) in [6, 6.07) is 7.33. The van der Waals surface area contributed by atoms with Crippen LogP contribution in [0.25, 0.3) is 0 Å². The van der Waals surface area contributed by atoms with Gasteiger partial charge in [0.2, 0.25) is 12.0 Å². The zero-order valence-corrected chi connectivity index (χ0v) is 18.1. The van der Waals surface area contributed by atoms with Crippen molar-refractivity contribution in [3.63, 3.8) is 0 Å². The van der Waals surface area contributed by atoms with Crippen molar-refractivity contribution in [1.82, 2.24) is 5.32 Å². The number of benzene rings is 1. The molecule has 1 N–H and O–H groups in total. The van der Waals surface area contributed by atoms with E-state index in [0.717, 1.165) is 31.4 Å². The first-order valence-electron chi connectivity index (χ1n) is 10.5. The summed E-state index contributed by atoms with van der Waals surface area (Å²) >= 11 is 0. The summed E-state index contributed by atoms with van der Waals surface area (Å²) in [5.74, 6) is -0.0413. The topological polar surface area (TPSA) is 83.1 Å². The first-order valence-corrected chi connectivity index (χ1v) is 10.5. The molecule has 0 aromatic heterocycles. The molecule has 0 radical (unpaired) electrons. The Balaban J connectivity index is 2.57. The Labute approximate surface area is 174 Å². The predicted octanol–water partition coefficient (Wildman–Crippen LogP) is 3.45. The van der Waals surface area contributed by atoms with E-state index in [0.29, 0.717) is 18.8 Å². The maximum absolute atomic E-state index is 12.2. The Hall–Kier alpha value is -2.12. The first kappa shape index (κ1) is 24.9. The molecule has 7 nitrogen and oxygen atoms in total. The van der Waals surface area contributed by atoms with Gasteiger partial charge in [0.05, 0.1) is 13.2 Å². The highest BCUT2D eigenvalue weighted by atomic mass is 17.2. The molecular weight excluding hydrogens is 374 g/mol. The minimum Gasteiger partial charge on any atom is -0.476 e. The van der Waals surface area contributed by atoms with Crippen LogP contribution < -0.4 is 10.1 Å². The van der Waals surface area contributed by atoms with Crippen molar-refractivity contribution in [3.8, 4) is 5.75 Å². The largest absolute Gasteiger partial charge is 0.476 e. The average Bonchev–Trinajstić information content (AvgIpc) is 2.71. The number of amides is 1. The Bertz CT molecular complexity index is 589. The summed E-state index contributed by atoms with van der Waals surface area (Å²) in [6.45, 7) is 8.85. The molecule has 0 saturated heterocycles. The predicted molar refractivity (Wildman–Crippen MR) is 110 cm³/mol. The van der Waals surface area contributed by atoms with Gasteiger partial charge in [-0.05, 0) is 44.4 Å². The number of esters is 1. The van der Waals surface area contributed by atoms with Crippen molar-refractivity contribution in [3.05, 3.63) is 29.8 Å². The zero-order valence-electron chi connectivity index (χ0n) is 18.1. The molecule has 0 aliphatic carbocycles. The van der Waals surface area contributed by atoms with E-state index >= 15 is 0 Å². The fourth-order valence-electron chi connectivity index (χ4n) is 2.65. The minimum absolute atomic E-state index is 0.0658. The summed E-state index contributed by atoms with van der Waals surface area (Å²) in [5.41, 5.74) is 1.02. The van der Waals surface area contributed by atoms with Crippen LogP contribution in [-0.2, 0) is 30.5 Å². The molecule has 0 saturated carbocycles. The number of carbonyl (C=O) groups excluding carboxylic acids is 2. The lowest BCUT2D eigenvalue weighted by Crippen LogP contribution is -2.34. The van der Waals surface area contributed by atoms with Crippen LogP contribution in [0.3, 0.4) is 0 Å². The Morgan fingerprint density at radius 3 is 2.34 bits per heavy atom. The Morgan fingerprint density at radius 1 is 1.00 bits per heavy atom. The molecule has 7 heteroatoms. The number of carbonyl (C=O) groups is 2. The molecule has 0 aliphatic heterocycles. The third-order valence-corrected chi connectivity index (χ3v) is 4.24. The lowest BCUT2D eigenvalue weighted by molar-refractivity contribution is -0.299. The molecule has 1 rings (SSSR count). The van der Waals surface area contributed by atoms with Gasteiger partial charge in [-0.25, -0.2) is 14.6 Å². The van der Waals surface area contributed by atoms with Gasteiger partial charge in [-0.1, -0.05) is 38.8 Å². The van der Waals surface area contributed by atoms with E-state index in [1.165, 1.54) is 0 Å². The number of hydrogen-bond acceptors (Lipinski definition) is 6. The van der Waals surface area contributed by atoms with Crippen molar-refractivity contribution in [2.24, 2.45) is 5.92 Å². The number of nitrogens with one attached hydrogen (secondary N) is 1. The molecule has 1 amide bonds. The second kappa shape index (κ2) is 14.8. The van der Waals surface area contributed by atoms with Crippen molar-refractivity contribution in [2.75, 3.05) is 26.4 Å². The number of unbranched alkanes of at least 4 members (excludes halogenated alkanes) is 2. The molecule has 1 aromatic carbocycles. The molecule has 1 aromatic rings. The van der Waals surface area contributed by atoms with Crippen molar-refractivity contribution >= 4 is 11.9 Å². The van der Waals surface area contributed by atoms with Crippen molar-refractivity contribution in [1.29, 1.82) is 0 Å². The van der Waals surface area contributed by atoms with Gasteiger partial charge in [-0.15, -0.1) is 0 Å². The molecule has 0 spiro atoms. The van der Waals surface area contributed by atoms with Crippen LogP contribution in [0.4, 0.5) is 0 Å². The summed E-state index contributed by atoms with van der Waals surface area (Å²) in [7, 11) is 0. The summed E-state index contributed by atoms with van der Waals surface area (Å²) in [4.78, 5) is 34.0. The van der Waals surface area contributed by atoms with E-state index in [9.17, 15) is 9.59 Å². The number of rotatable bonds is 15. The molecule has 0 fully saturated rings. The fraction of sp³-hybridized carbons (Fsp3) is 0.636. The smallest absolute Gasteiger partial charge is 0.349 e. The summed E-state index contributed by atoms with van der Waals surface area (Å²) < 4.78 is 10.7. The Morgan fingerprint density at radius 2 is 1.72 bits per heavy atom. The van der Waals surface area contributed by atoms with Gasteiger partial charge < -0.3 is 14.8 Å². The highest BCUT2D eigenvalue weighted by Crippen LogP contribution is 2.17. The lowest BCUT2D eigenvalue weighted by atomic mass is 10.0. The van der Waals surface area contributed by atoms with Crippen LogP contribution in [0, 0.1) is 5.92 Å². The monoisotopic (exact) mass is 409 g/mol. The van der Waals surface area contributed by atoms with Gasteiger partial charge in [0.15, 0.2) is 0 Å². The minimum atomic E-state index is -0.917. The van der Waals surface area contributed by atoms with Gasteiger partial charge >= 0.3 is 5.97 Å². The second-order valence-electron chi connectivity index (χ2n) is 6.80. The fourth-order valence-corrected chi connectivity index (χ4v) is 2.65. The average molecular weight is 410 g/mol. The summed E-state index contributed by atoms with van der Waals surface area (Å²) in [5, 5.41) is 2.98. The zero-order chi connectivity index (χ0) is 21.5. The highest BCUT2D eigenvalue weighted by molar-refractivity contribution is 5.78. The van der Waals surface area contributed by atoms with Crippen LogP contribution in [0.5, 0.6) is 5.75 Å². The van der Waals surface area contributed by atoms with Crippen LogP contribution in [0.15, 0.2) is 24.3 Å². The molecule has 0 bridgehead atoms. The molecule has 164 valence electrons. The van der Waals surface area contributed by atoms with Crippen LogP contribution in [0.2, 0.25) is 0 Å². The molecular formula is C22H35NO6. The van der Waals surface area contributed by atoms with Gasteiger partial charge in [-0.3, -0.25) is 4.79 Å². The Kier molecular flexibility index (Phi) is 12.7. The standard InChI is InChI=1S/C22H35NO6/c1-5-8-9-14-23-21(24)17(4)15-18-10-12-19(13-11-18)29-20(16-28-27-7-3)22(25)26-6-2/h10-13,17,20H,5-9,14-16H2,1-4H3,(H,23,24). The van der Waals surface area contributed by atoms with Crippen LogP contribution >= 0.6 is 0 Å². The third kappa shape index (κ3) is 10.3. The number of hydrogen-bond donors (Lipinski definition) is 1. The number of ether oxygens (including phenoxy) is 2. The van der Waals surface area contributed by atoms with Crippen molar-refractivity contribution < 1.29 is 28.8 Å². The van der Waals surface area contributed by atoms with Gasteiger partial charge in [0.1, 0.15) is 12.4 Å². The molecule has 2 atom stereocenters. The highest BCUT2D eigenvalue weighted by Gasteiger charge is 2.23. The SMILES string of the molecule is CCCCCNC(=O)C(C)Cc1ccc(OC(COOCC)C(=O)OCC)cc1. The van der Waals surface area contributed by atoms with Gasteiger partial charge in [0, 0.05) is 12.5 Å². The lowest BCUT2D eigenvalue weighted by Gasteiger charge is -2.17. The maximum atomic E-state index is 12.2. The molecule has 2 unspecified atom stereocenters.